The Morgan fingerprint density at radius 1 is 0.423 bits per heavy atom. The van der Waals surface area contributed by atoms with Crippen molar-refractivity contribution in [2.24, 2.45) is 20.0 Å². The van der Waals surface area contributed by atoms with Crippen molar-refractivity contribution in [1.29, 1.82) is 0 Å². The van der Waals surface area contributed by atoms with Crippen LogP contribution in [0.15, 0.2) is 153 Å². The van der Waals surface area contributed by atoms with Crippen LogP contribution in [0.5, 0.6) is 23.0 Å². The molecule has 0 saturated carbocycles. The van der Waals surface area contributed by atoms with Gasteiger partial charge in [-0.15, -0.1) is 0 Å². The van der Waals surface area contributed by atoms with Gasteiger partial charge in [-0.05, 0) is 71.5 Å². The Morgan fingerprint density at radius 2 is 0.769 bits per heavy atom. The smallest absolute Gasteiger partial charge is 0.872 e. The second kappa shape index (κ2) is 18.1. The molecular weight excluding hydrogens is 755 g/mol. The van der Waals surface area contributed by atoms with Crippen LogP contribution in [0.1, 0.15) is 36.1 Å². The van der Waals surface area contributed by atoms with Gasteiger partial charge in [-0.25, -0.2) is 0 Å². The number of benzene rings is 6. The Morgan fingerprint density at radius 3 is 1.15 bits per heavy atom. The van der Waals surface area contributed by atoms with E-state index in [2.05, 4.69) is 20.0 Å². The minimum absolute atomic E-state index is 0. The summed E-state index contributed by atoms with van der Waals surface area (Å²) in [5, 5.41) is 51.9. The van der Waals surface area contributed by atoms with E-state index in [0.29, 0.717) is 56.4 Å². The van der Waals surface area contributed by atoms with E-state index < -0.39 is 0 Å². The van der Waals surface area contributed by atoms with Gasteiger partial charge in [-0.2, -0.15) is 0 Å². The molecule has 0 saturated heterocycles. The maximum atomic E-state index is 13.6. The van der Waals surface area contributed by atoms with Gasteiger partial charge in [0.05, 0.1) is 22.7 Å². The molecule has 0 spiro atoms. The zero-order valence-electron chi connectivity index (χ0n) is 28.7. The third-order valence-corrected chi connectivity index (χ3v) is 7.96. The Bertz CT molecular complexity index is 2160. The third kappa shape index (κ3) is 9.02. The molecule has 6 rings (SSSR count). The largest absolute Gasteiger partial charge is 2.00 e. The second-order valence-corrected chi connectivity index (χ2v) is 11.3. The van der Waals surface area contributed by atoms with E-state index in [0.717, 1.165) is 0 Å². The minimum atomic E-state index is -0.353. The average Bonchev–Trinajstić information content (AvgIpc) is 3.12. The fourth-order valence-electron chi connectivity index (χ4n) is 5.36. The normalized spacial score (nSPS) is 11.7. The molecule has 0 aliphatic heterocycles. The molecule has 0 aromatic heterocycles. The van der Waals surface area contributed by atoms with Crippen molar-refractivity contribution in [2.45, 2.75) is 13.8 Å². The zero-order chi connectivity index (χ0) is 35.0. The molecule has 0 N–H and O–H groups in total. The summed E-state index contributed by atoms with van der Waals surface area (Å²) >= 11 is 0. The summed E-state index contributed by atoms with van der Waals surface area (Å²) in [6.07, 6.45) is 2.91. The number of hydrogen-bond acceptors (Lipinski definition) is 8. The van der Waals surface area contributed by atoms with Crippen LogP contribution < -0.4 is 20.4 Å². The summed E-state index contributed by atoms with van der Waals surface area (Å²) in [7, 11) is 0. The number of hydrogen-bond donors (Lipinski definition) is 0. The summed E-state index contributed by atoms with van der Waals surface area (Å²) in [6.45, 7) is 3.53. The van der Waals surface area contributed by atoms with Crippen molar-refractivity contribution >= 4 is 46.6 Å². The molecular formula is C42H30N4O4Zn2. The molecule has 8 nitrogen and oxygen atoms in total. The second-order valence-electron chi connectivity index (χ2n) is 11.3. The van der Waals surface area contributed by atoms with E-state index >= 15 is 0 Å². The van der Waals surface area contributed by atoms with Gasteiger partial charge in [0.2, 0.25) is 0 Å². The molecule has 52 heavy (non-hydrogen) atoms. The molecule has 0 atom stereocenters. The number of nitrogens with zero attached hydrogens (tertiary/aromatic N) is 4. The van der Waals surface area contributed by atoms with Gasteiger partial charge in [0, 0.05) is 23.9 Å². The topological polar surface area (TPSA) is 142 Å². The van der Waals surface area contributed by atoms with Gasteiger partial charge in [-0.3, -0.25) is 20.0 Å². The van der Waals surface area contributed by atoms with Crippen molar-refractivity contribution in [3.8, 4) is 34.1 Å². The molecule has 0 bridgehead atoms. The van der Waals surface area contributed by atoms with Crippen LogP contribution in [0.3, 0.4) is 0 Å². The van der Waals surface area contributed by atoms with Crippen LogP contribution in [0.4, 0.5) is 22.7 Å². The molecule has 0 heterocycles. The zero-order valence-corrected chi connectivity index (χ0v) is 34.6. The Hall–Kier alpha value is -5.55. The van der Waals surface area contributed by atoms with Gasteiger partial charge >= 0.3 is 39.0 Å². The van der Waals surface area contributed by atoms with Gasteiger partial charge in [0.1, 0.15) is 0 Å². The summed E-state index contributed by atoms with van der Waals surface area (Å²) in [5.41, 5.74) is 5.26. The predicted octanol–water partition coefficient (Wildman–Crippen LogP) is 7.43. The Labute approximate surface area is 327 Å². The Balaban J connectivity index is 0.00000302. The first-order valence-electron chi connectivity index (χ1n) is 15.8. The first kappa shape index (κ1) is 39.2. The van der Waals surface area contributed by atoms with Crippen molar-refractivity contribution < 1.29 is 59.4 Å². The van der Waals surface area contributed by atoms with Gasteiger partial charge < -0.3 is 20.4 Å². The molecule has 0 radical (unpaired) electrons. The number of rotatable bonds is 9. The number of para-hydroxylation sites is 8. The standard InChI is InChI=1S/C42H34N4O4.2Zn/c1-27(31-15-3-9-23-39(31)47)45-37-21-7-5-19-35(37)43-25-29-13-11-17-33(41(29)49)34-18-12-14-30(42(34)50)26-44-36-20-6-8-22-38(36)46-28(2)32-16-4-10-24-40(32)48;;/h3-26,47-50H,1-2H3;;/q;2*+2/p-4. The molecule has 0 fully saturated rings. The van der Waals surface area contributed by atoms with E-state index in [9.17, 15) is 20.4 Å². The molecule has 0 aliphatic rings. The average molecular weight is 786 g/mol. The van der Waals surface area contributed by atoms with E-state index in [4.69, 9.17) is 0 Å². The molecule has 246 valence electrons. The number of aliphatic imine (C=N–C) groups is 4. The van der Waals surface area contributed by atoms with E-state index in [1.807, 2.05) is 24.3 Å². The fraction of sp³-hybridized carbons (Fsp3) is 0.0476. The first-order chi connectivity index (χ1) is 24.3. The van der Waals surface area contributed by atoms with Gasteiger partial charge in [0.15, 0.2) is 0 Å². The van der Waals surface area contributed by atoms with Crippen LogP contribution in [0, 0.1) is 0 Å². The summed E-state index contributed by atoms with van der Waals surface area (Å²) in [6, 6.07) is 37.6. The quantitative estimate of drug-likeness (QED) is 0.111. The SMILES string of the molecule is CC(=Nc1ccccc1N=Cc1cccc(-c2cccc(C=Nc3ccccc3N=C(C)c3ccccc3[O-])c2[O-])c1[O-])c1ccccc1[O-].[Zn+2].[Zn+2]. The molecule has 6 aromatic carbocycles. The molecule has 0 amide bonds. The van der Waals surface area contributed by atoms with E-state index in [-0.39, 0.29) is 73.1 Å². The fourth-order valence-corrected chi connectivity index (χ4v) is 5.36. The van der Waals surface area contributed by atoms with E-state index in [1.54, 1.807) is 111 Å². The third-order valence-electron chi connectivity index (χ3n) is 7.96. The van der Waals surface area contributed by atoms with Crippen LogP contribution in [-0.2, 0) is 39.0 Å². The van der Waals surface area contributed by atoms with Crippen molar-refractivity contribution in [1.82, 2.24) is 0 Å². The van der Waals surface area contributed by atoms with Gasteiger partial charge in [0.25, 0.3) is 0 Å². The van der Waals surface area contributed by atoms with Crippen molar-refractivity contribution in [2.75, 3.05) is 0 Å². The molecule has 10 heteroatoms. The van der Waals surface area contributed by atoms with E-state index in [1.165, 1.54) is 24.6 Å². The summed E-state index contributed by atoms with van der Waals surface area (Å²) in [4.78, 5) is 18.4. The van der Waals surface area contributed by atoms with Gasteiger partial charge in [-0.1, -0.05) is 132 Å². The molecule has 0 unspecified atom stereocenters. The summed E-state index contributed by atoms with van der Waals surface area (Å²) in [5.74, 6) is -0.950. The van der Waals surface area contributed by atoms with Crippen molar-refractivity contribution in [3.63, 3.8) is 0 Å². The van der Waals surface area contributed by atoms with Crippen LogP contribution in [0.2, 0.25) is 0 Å². The van der Waals surface area contributed by atoms with Crippen molar-refractivity contribution in [3.05, 3.63) is 156 Å². The van der Waals surface area contributed by atoms with Crippen LogP contribution in [0.25, 0.3) is 11.1 Å². The minimum Gasteiger partial charge on any atom is -0.872 e. The summed E-state index contributed by atoms with van der Waals surface area (Å²) < 4.78 is 0. The first-order valence-corrected chi connectivity index (χ1v) is 15.8. The predicted molar refractivity (Wildman–Crippen MR) is 194 cm³/mol. The monoisotopic (exact) mass is 782 g/mol. The van der Waals surface area contributed by atoms with Crippen LogP contribution >= 0.6 is 0 Å². The maximum Gasteiger partial charge on any atom is 2.00 e. The molecule has 0 aliphatic carbocycles. The maximum absolute atomic E-state index is 13.6. The molecule has 6 aromatic rings. The van der Waals surface area contributed by atoms with Crippen LogP contribution in [-0.4, -0.2) is 23.9 Å². The Kier molecular flexibility index (Phi) is 13.7.